The number of thiazole rings is 1. The fraction of sp³-hybridized carbons (Fsp3) is 0.579. The highest BCUT2D eigenvalue weighted by molar-refractivity contribution is 8.14. The number of aromatic nitrogens is 1. The van der Waals surface area contributed by atoms with Crippen LogP contribution in [-0.2, 0) is 14.3 Å². The van der Waals surface area contributed by atoms with Gasteiger partial charge in [-0.2, -0.15) is 12.6 Å². The molecule has 154 valence electrons. The van der Waals surface area contributed by atoms with Gasteiger partial charge in [0.1, 0.15) is 28.9 Å². The topological polar surface area (TPSA) is 80.7 Å². The Morgan fingerprint density at radius 2 is 2.18 bits per heavy atom. The zero-order chi connectivity index (χ0) is 20.7. The second-order valence-electron chi connectivity index (χ2n) is 7.04. The Morgan fingerprint density at radius 3 is 2.79 bits per heavy atom. The molecule has 0 bridgehead atoms. The average molecular weight is 442 g/mol. The number of aliphatic imine (C=N–C) groups is 1. The summed E-state index contributed by atoms with van der Waals surface area (Å²) in [6, 6.07) is -0.714. The van der Waals surface area contributed by atoms with Crippen molar-refractivity contribution in [1.82, 2.24) is 10.3 Å². The number of allylic oxidation sites excluding steroid dienone is 1. The predicted molar refractivity (Wildman–Crippen MR) is 120 cm³/mol. The summed E-state index contributed by atoms with van der Waals surface area (Å²) in [5, 5.41) is 6.51. The molecule has 1 aromatic heterocycles. The second kappa shape index (κ2) is 10.5. The van der Waals surface area contributed by atoms with E-state index in [0.717, 1.165) is 27.9 Å². The molecule has 1 aromatic rings. The second-order valence-corrected chi connectivity index (χ2v) is 9.51. The summed E-state index contributed by atoms with van der Waals surface area (Å²) in [6.45, 7) is 7.66. The van der Waals surface area contributed by atoms with Crippen molar-refractivity contribution in [3.05, 3.63) is 28.2 Å². The van der Waals surface area contributed by atoms with Gasteiger partial charge in [-0.15, -0.1) is 23.1 Å². The first-order valence-electron chi connectivity index (χ1n) is 9.15. The highest BCUT2D eigenvalue weighted by Gasteiger charge is 2.41. The number of hydrogen-bond acceptors (Lipinski definition) is 8. The first kappa shape index (κ1) is 23.0. The molecule has 0 aromatic carbocycles. The van der Waals surface area contributed by atoms with E-state index in [4.69, 9.17) is 4.74 Å². The van der Waals surface area contributed by atoms with Crippen LogP contribution in [0.1, 0.15) is 37.9 Å². The van der Waals surface area contributed by atoms with Gasteiger partial charge in [0, 0.05) is 11.1 Å². The Balaban J connectivity index is 2.01. The Morgan fingerprint density at radius 1 is 1.43 bits per heavy atom. The number of rotatable bonds is 9. The third kappa shape index (κ3) is 6.09. The Hall–Kier alpha value is -1.32. The summed E-state index contributed by atoms with van der Waals surface area (Å²) >= 11 is 7.18. The molecule has 1 N–H and O–H groups in total. The van der Waals surface area contributed by atoms with E-state index in [1.807, 2.05) is 32.2 Å². The van der Waals surface area contributed by atoms with Gasteiger partial charge in [0.05, 0.1) is 5.01 Å². The third-order valence-electron chi connectivity index (χ3n) is 4.16. The summed E-state index contributed by atoms with van der Waals surface area (Å²) in [5.74, 6) is 0.446. The lowest BCUT2D eigenvalue weighted by Gasteiger charge is -2.25. The van der Waals surface area contributed by atoms with E-state index in [-0.39, 0.29) is 18.4 Å². The largest absolute Gasteiger partial charge is 0.460 e. The number of amides is 1. The molecular weight excluding hydrogens is 414 g/mol. The van der Waals surface area contributed by atoms with Crippen molar-refractivity contribution >= 4 is 52.6 Å². The quantitative estimate of drug-likeness (QED) is 0.349. The Labute approximate surface area is 180 Å². The van der Waals surface area contributed by atoms with Crippen molar-refractivity contribution in [3.63, 3.8) is 0 Å². The fourth-order valence-corrected chi connectivity index (χ4v) is 4.43. The molecule has 6 nitrogen and oxygen atoms in total. The molecule has 0 spiro atoms. The maximum absolute atomic E-state index is 12.9. The third-order valence-corrected chi connectivity index (χ3v) is 6.47. The molecule has 1 amide bonds. The fourth-order valence-electron chi connectivity index (χ4n) is 2.48. The van der Waals surface area contributed by atoms with Gasteiger partial charge in [-0.05, 0) is 31.9 Å². The van der Waals surface area contributed by atoms with Crippen LogP contribution >= 0.6 is 35.7 Å². The number of thioether (sulfide) groups is 1. The number of nitrogens with zero attached hydrogens (tertiary/aromatic N) is 2. The number of carbonyl (C=O) groups is 2. The van der Waals surface area contributed by atoms with E-state index < -0.39 is 17.6 Å². The van der Waals surface area contributed by atoms with Gasteiger partial charge in [0.2, 0.25) is 5.91 Å². The first-order valence-corrected chi connectivity index (χ1v) is 11.6. The number of thiol groups is 1. The lowest BCUT2D eigenvalue weighted by Crippen LogP contribution is -2.52. The number of carbonyl (C=O) groups excluding carboxylic acids is 2. The molecule has 2 rings (SSSR count). The van der Waals surface area contributed by atoms with Crippen LogP contribution in [0.3, 0.4) is 0 Å². The Bertz CT molecular complexity index is 761. The molecule has 2 atom stereocenters. The van der Waals surface area contributed by atoms with E-state index in [2.05, 4.69) is 27.9 Å². The number of aryl methyl sites for hydroxylation is 1. The van der Waals surface area contributed by atoms with Gasteiger partial charge in [0.25, 0.3) is 0 Å². The van der Waals surface area contributed by atoms with Crippen LogP contribution in [0, 0.1) is 12.8 Å². The first-order chi connectivity index (χ1) is 13.3. The normalized spacial score (nSPS) is 20.4. The van der Waals surface area contributed by atoms with Crippen LogP contribution < -0.4 is 5.32 Å². The highest BCUT2D eigenvalue weighted by Crippen LogP contribution is 2.31. The lowest BCUT2D eigenvalue weighted by atomic mass is 10.0. The summed E-state index contributed by atoms with van der Waals surface area (Å²) in [7, 11) is 0. The summed E-state index contributed by atoms with van der Waals surface area (Å²) in [6.07, 6.45) is 4.52. The van der Waals surface area contributed by atoms with Crippen molar-refractivity contribution in [2.45, 2.75) is 45.7 Å². The van der Waals surface area contributed by atoms with E-state index >= 15 is 0 Å². The molecule has 28 heavy (non-hydrogen) atoms. The minimum Gasteiger partial charge on any atom is -0.460 e. The van der Waals surface area contributed by atoms with E-state index in [1.165, 1.54) is 11.8 Å². The van der Waals surface area contributed by atoms with Crippen LogP contribution in [0.2, 0.25) is 0 Å². The summed E-state index contributed by atoms with van der Waals surface area (Å²) < 4.78 is 5.29. The highest BCUT2D eigenvalue weighted by atomic mass is 32.2. The van der Waals surface area contributed by atoms with Crippen LogP contribution in [-0.4, -0.2) is 51.6 Å². The maximum Gasteiger partial charge on any atom is 0.329 e. The molecule has 2 heterocycles. The molecule has 0 saturated heterocycles. The maximum atomic E-state index is 12.9. The molecule has 0 saturated carbocycles. The summed E-state index contributed by atoms with van der Waals surface area (Å²) in [5.41, 5.74) is -0.130. The molecule has 0 unspecified atom stereocenters. The molecule has 0 radical (unpaired) electrons. The molecule has 0 fully saturated rings. The minimum absolute atomic E-state index is 0.0971. The van der Waals surface area contributed by atoms with Crippen LogP contribution in [0.5, 0.6) is 0 Å². The van der Waals surface area contributed by atoms with Crippen LogP contribution in [0.4, 0.5) is 0 Å². The van der Waals surface area contributed by atoms with Gasteiger partial charge in [-0.1, -0.05) is 26.0 Å². The molecule has 9 heteroatoms. The van der Waals surface area contributed by atoms with Gasteiger partial charge >= 0.3 is 5.97 Å². The zero-order valence-corrected chi connectivity index (χ0v) is 19.1. The summed E-state index contributed by atoms with van der Waals surface area (Å²) in [4.78, 5) is 34.4. The monoisotopic (exact) mass is 441 g/mol. The van der Waals surface area contributed by atoms with Crippen molar-refractivity contribution in [3.8, 4) is 0 Å². The average Bonchev–Trinajstić information content (AvgIpc) is 3.25. The van der Waals surface area contributed by atoms with E-state index in [1.54, 1.807) is 24.3 Å². The molecular formula is C19H27N3O3S3. The lowest BCUT2D eigenvalue weighted by molar-refractivity contribution is -0.148. The molecule has 0 aliphatic carbocycles. The smallest absolute Gasteiger partial charge is 0.329 e. The standard InChI is InChI=1S/C19H27N3O3S3/c1-12(2)15(17(23)25-8-6-5-7-9-26)21-18(24)19(4)11-28-16(22-19)14-10-27-13(3)20-14/h5-6,10,12,15,26H,7-9,11H2,1-4H3,(H,21,24)/b6-5+/t15-,19-/m0/s1. The van der Waals surface area contributed by atoms with Gasteiger partial charge < -0.3 is 10.1 Å². The minimum atomic E-state index is -0.933. The van der Waals surface area contributed by atoms with E-state index in [0.29, 0.717) is 5.75 Å². The van der Waals surface area contributed by atoms with Crippen molar-refractivity contribution in [2.24, 2.45) is 10.9 Å². The number of ether oxygens (including phenoxy) is 1. The Kier molecular flexibility index (Phi) is 8.57. The SMILES string of the molecule is Cc1nc(C2=N[C@](C)(C(=O)N[C@H](C(=O)OC/C=C/CCS)C(C)C)CS2)cs1. The number of hydrogen-bond donors (Lipinski definition) is 2. The van der Waals surface area contributed by atoms with Crippen LogP contribution in [0.25, 0.3) is 0 Å². The number of esters is 1. The van der Waals surface area contributed by atoms with E-state index in [9.17, 15) is 9.59 Å². The van der Waals surface area contributed by atoms with Crippen molar-refractivity contribution in [2.75, 3.05) is 18.1 Å². The van der Waals surface area contributed by atoms with Crippen molar-refractivity contribution in [1.29, 1.82) is 0 Å². The molecule has 1 aliphatic heterocycles. The predicted octanol–water partition coefficient (Wildman–Crippen LogP) is 3.26. The van der Waals surface area contributed by atoms with Crippen molar-refractivity contribution < 1.29 is 14.3 Å². The van der Waals surface area contributed by atoms with Gasteiger partial charge in [0.15, 0.2) is 0 Å². The van der Waals surface area contributed by atoms with Crippen LogP contribution in [0.15, 0.2) is 22.5 Å². The zero-order valence-electron chi connectivity index (χ0n) is 16.6. The number of nitrogens with one attached hydrogen (secondary N) is 1. The molecule has 1 aliphatic rings. The van der Waals surface area contributed by atoms with Gasteiger partial charge in [-0.25, -0.2) is 9.78 Å². The van der Waals surface area contributed by atoms with Gasteiger partial charge in [-0.3, -0.25) is 9.79 Å².